The van der Waals surface area contributed by atoms with E-state index in [0.29, 0.717) is 0 Å². The highest BCUT2D eigenvalue weighted by Gasteiger charge is 2.01. The molecule has 0 saturated carbocycles. The van der Waals surface area contributed by atoms with Crippen LogP contribution in [-0.2, 0) is 4.79 Å². The zero-order valence-electron chi connectivity index (χ0n) is 10.3. The summed E-state index contributed by atoms with van der Waals surface area (Å²) in [6, 6.07) is 6.03. The Bertz CT molecular complexity index is 361. The number of nitrogens with one attached hydrogen (secondary N) is 2. The van der Waals surface area contributed by atoms with Gasteiger partial charge in [-0.25, -0.2) is 0 Å². The summed E-state index contributed by atoms with van der Waals surface area (Å²) in [5.74, 6) is -0.0335. The first kappa shape index (κ1) is 12.6. The third-order valence-corrected chi connectivity index (χ3v) is 2.41. The minimum Gasteiger partial charge on any atom is -0.385 e. The zero-order chi connectivity index (χ0) is 12.0. The molecule has 0 radical (unpaired) electrons. The highest BCUT2D eigenvalue weighted by molar-refractivity contribution is 5.90. The van der Waals surface area contributed by atoms with Crippen molar-refractivity contribution >= 4 is 17.3 Å². The third kappa shape index (κ3) is 3.93. The first-order chi connectivity index (χ1) is 7.63. The molecule has 0 aliphatic heterocycles. The van der Waals surface area contributed by atoms with Crippen molar-refractivity contribution in [1.29, 1.82) is 0 Å². The Morgan fingerprint density at radius 3 is 2.75 bits per heavy atom. The smallest absolute Gasteiger partial charge is 0.221 e. The Hall–Kier alpha value is -1.51. The predicted octanol–water partition coefficient (Wildman–Crippen LogP) is 3.17. The largest absolute Gasteiger partial charge is 0.385 e. The molecule has 0 fully saturated rings. The van der Waals surface area contributed by atoms with E-state index in [1.54, 1.807) is 0 Å². The van der Waals surface area contributed by atoms with E-state index in [2.05, 4.69) is 17.6 Å². The zero-order valence-corrected chi connectivity index (χ0v) is 10.3. The molecule has 0 aliphatic rings. The summed E-state index contributed by atoms with van der Waals surface area (Å²) in [5, 5.41) is 6.16. The third-order valence-electron chi connectivity index (χ3n) is 2.41. The molecule has 16 heavy (non-hydrogen) atoms. The lowest BCUT2D eigenvalue weighted by Crippen LogP contribution is -2.08. The first-order valence-electron chi connectivity index (χ1n) is 5.75. The number of carbonyl (C=O) groups excluding carboxylic acids is 1. The van der Waals surface area contributed by atoms with Gasteiger partial charge in [-0.2, -0.15) is 0 Å². The van der Waals surface area contributed by atoms with Gasteiger partial charge in [0.15, 0.2) is 0 Å². The van der Waals surface area contributed by atoms with E-state index in [1.165, 1.54) is 13.3 Å². The SMILES string of the molecule is CCCCNc1ccc(C)c(NC(C)=O)c1. The number of anilines is 2. The molecule has 1 amide bonds. The Kier molecular flexibility index (Phi) is 4.83. The number of hydrogen-bond acceptors (Lipinski definition) is 2. The van der Waals surface area contributed by atoms with Crippen LogP contribution in [0.4, 0.5) is 11.4 Å². The second-order valence-electron chi connectivity index (χ2n) is 3.99. The molecule has 88 valence electrons. The van der Waals surface area contributed by atoms with Gasteiger partial charge in [0.05, 0.1) is 0 Å². The summed E-state index contributed by atoms with van der Waals surface area (Å²) < 4.78 is 0. The Labute approximate surface area is 97.2 Å². The van der Waals surface area contributed by atoms with Gasteiger partial charge in [-0.1, -0.05) is 19.4 Å². The maximum Gasteiger partial charge on any atom is 0.221 e. The molecule has 0 aliphatic carbocycles. The van der Waals surface area contributed by atoms with Crippen LogP contribution in [0, 0.1) is 6.92 Å². The highest BCUT2D eigenvalue weighted by Crippen LogP contribution is 2.20. The van der Waals surface area contributed by atoms with E-state index >= 15 is 0 Å². The van der Waals surface area contributed by atoms with Crippen molar-refractivity contribution in [2.75, 3.05) is 17.2 Å². The van der Waals surface area contributed by atoms with E-state index in [0.717, 1.165) is 29.9 Å². The molecule has 1 aromatic carbocycles. The van der Waals surface area contributed by atoms with E-state index in [1.807, 2.05) is 25.1 Å². The monoisotopic (exact) mass is 220 g/mol. The summed E-state index contributed by atoms with van der Waals surface area (Å²) in [7, 11) is 0. The Morgan fingerprint density at radius 2 is 2.12 bits per heavy atom. The minimum absolute atomic E-state index is 0.0335. The topological polar surface area (TPSA) is 41.1 Å². The van der Waals surface area contributed by atoms with E-state index < -0.39 is 0 Å². The van der Waals surface area contributed by atoms with Crippen LogP contribution >= 0.6 is 0 Å². The van der Waals surface area contributed by atoms with E-state index in [-0.39, 0.29) is 5.91 Å². The van der Waals surface area contributed by atoms with Gasteiger partial charge in [0.25, 0.3) is 0 Å². The first-order valence-corrected chi connectivity index (χ1v) is 5.75. The van der Waals surface area contributed by atoms with Crippen molar-refractivity contribution < 1.29 is 4.79 Å². The van der Waals surface area contributed by atoms with Crippen molar-refractivity contribution in [3.8, 4) is 0 Å². The van der Waals surface area contributed by atoms with Crippen LogP contribution < -0.4 is 10.6 Å². The summed E-state index contributed by atoms with van der Waals surface area (Å²) in [4.78, 5) is 11.0. The van der Waals surface area contributed by atoms with Crippen LogP contribution in [0.15, 0.2) is 18.2 Å². The molecule has 0 unspecified atom stereocenters. The van der Waals surface area contributed by atoms with Crippen molar-refractivity contribution in [2.24, 2.45) is 0 Å². The van der Waals surface area contributed by atoms with Crippen LogP contribution in [0.5, 0.6) is 0 Å². The molecule has 0 aromatic heterocycles. The standard InChI is InChI=1S/C13H20N2O/c1-4-5-8-14-12-7-6-10(2)13(9-12)15-11(3)16/h6-7,9,14H,4-5,8H2,1-3H3,(H,15,16). The number of hydrogen-bond donors (Lipinski definition) is 2. The molecule has 3 heteroatoms. The van der Waals surface area contributed by atoms with Crippen LogP contribution in [0.1, 0.15) is 32.3 Å². The van der Waals surface area contributed by atoms with Gasteiger partial charge in [0.2, 0.25) is 5.91 Å². The van der Waals surface area contributed by atoms with E-state index in [9.17, 15) is 4.79 Å². The fourth-order valence-corrected chi connectivity index (χ4v) is 1.47. The predicted molar refractivity (Wildman–Crippen MR) is 68.9 cm³/mol. The lowest BCUT2D eigenvalue weighted by molar-refractivity contribution is -0.114. The molecule has 1 rings (SSSR count). The highest BCUT2D eigenvalue weighted by atomic mass is 16.1. The molecule has 0 bridgehead atoms. The fraction of sp³-hybridized carbons (Fsp3) is 0.462. The summed E-state index contributed by atoms with van der Waals surface area (Å²) in [6.45, 7) is 6.65. The number of unbranched alkanes of at least 4 members (excludes halogenated alkanes) is 1. The van der Waals surface area contributed by atoms with Gasteiger partial charge in [-0.05, 0) is 31.0 Å². The Morgan fingerprint density at radius 1 is 1.38 bits per heavy atom. The number of carbonyl (C=O) groups is 1. The van der Waals surface area contributed by atoms with Gasteiger partial charge in [-0.15, -0.1) is 0 Å². The summed E-state index contributed by atoms with van der Waals surface area (Å²) >= 11 is 0. The van der Waals surface area contributed by atoms with Gasteiger partial charge in [-0.3, -0.25) is 4.79 Å². The van der Waals surface area contributed by atoms with Crippen molar-refractivity contribution in [2.45, 2.75) is 33.6 Å². The quantitative estimate of drug-likeness (QED) is 0.748. The molecule has 0 spiro atoms. The summed E-state index contributed by atoms with van der Waals surface area (Å²) in [5.41, 5.74) is 3.02. The van der Waals surface area contributed by atoms with Crippen LogP contribution in [-0.4, -0.2) is 12.5 Å². The van der Waals surface area contributed by atoms with E-state index in [4.69, 9.17) is 0 Å². The van der Waals surface area contributed by atoms with Gasteiger partial charge >= 0.3 is 0 Å². The maximum atomic E-state index is 11.0. The van der Waals surface area contributed by atoms with Gasteiger partial charge in [0.1, 0.15) is 0 Å². The van der Waals surface area contributed by atoms with Crippen LogP contribution in [0.25, 0.3) is 0 Å². The number of aryl methyl sites for hydroxylation is 1. The van der Waals surface area contributed by atoms with Crippen LogP contribution in [0.2, 0.25) is 0 Å². The average molecular weight is 220 g/mol. The number of benzene rings is 1. The van der Waals surface area contributed by atoms with Crippen molar-refractivity contribution in [3.63, 3.8) is 0 Å². The summed E-state index contributed by atoms with van der Waals surface area (Å²) in [6.07, 6.45) is 2.33. The fourth-order valence-electron chi connectivity index (χ4n) is 1.47. The molecule has 0 atom stereocenters. The molecule has 2 N–H and O–H groups in total. The second kappa shape index (κ2) is 6.16. The molecule has 0 heterocycles. The second-order valence-corrected chi connectivity index (χ2v) is 3.99. The average Bonchev–Trinajstić information content (AvgIpc) is 2.22. The lowest BCUT2D eigenvalue weighted by Gasteiger charge is -2.10. The maximum absolute atomic E-state index is 11.0. The van der Waals surface area contributed by atoms with Crippen molar-refractivity contribution in [3.05, 3.63) is 23.8 Å². The van der Waals surface area contributed by atoms with Gasteiger partial charge in [0, 0.05) is 24.8 Å². The van der Waals surface area contributed by atoms with Crippen molar-refractivity contribution in [1.82, 2.24) is 0 Å². The Balaban J connectivity index is 2.69. The number of rotatable bonds is 5. The molecular formula is C13H20N2O. The van der Waals surface area contributed by atoms with Crippen LogP contribution in [0.3, 0.4) is 0 Å². The molecular weight excluding hydrogens is 200 g/mol. The van der Waals surface area contributed by atoms with Gasteiger partial charge < -0.3 is 10.6 Å². The lowest BCUT2D eigenvalue weighted by atomic mass is 10.1. The molecule has 1 aromatic rings. The molecule has 3 nitrogen and oxygen atoms in total. The minimum atomic E-state index is -0.0335. The normalized spacial score (nSPS) is 9.94. The molecule has 0 saturated heterocycles. The number of amides is 1.